The average molecular weight is 384 g/mol. The normalized spacial score (nSPS) is 13.0. The molecule has 150 valence electrons. The molecule has 0 fully saturated rings. The monoisotopic (exact) mass is 383 g/mol. The van der Waals surface area contributed by atoms with Gasteiger partial charge in [0.1, 0.15) is 5.75 Å². The maximum Gasteiger partial charge on any atom is 0.208 e. The van der Waals surface area contributed by atoms with Crippen LogP contribution in [-0.2, 0) is 20.9 Å². The van der Waals surface area contributed by atoms with Gasteiger partial charge in [0.2, 0.25) is 10.0 Å². The van der Waals surface area contributed by atoms with E-state index < -0.39 is 10.0 Å². The van der Waals surface area contributed by atoms with Gasteiger partial charge in [0.15, 0.2) is 0 Å². The lowest BCUT2D eigenvalue weighted by Crippen LogP contribution is -2.23. The van der Waals surface area contributed by atoms with Crippen molar-refractivity contribution in [3.8, 4) is 5.75 Å². The molecule has 0 amide bonds. The molecule has 0 saturated carbocycles. The van der Waals surface area contributed by atoms with E-state index in [1.807, 2.05) is 0 Å². The van der Waals surface area contributed by atoms with E-state index in [0.29, 0.717) is 13.2 Å². The van der Waals surface area contributed by atoms with E-state index in [-0.39, 0.29) is 10.8 Å². The quantitative estimate of drug-likeness (QED) is 0.560. The van der Waals surface area contributed by atoms with Crippen molar-refractivity contribution in [3.63, 3.8) is 0 Å². The van der Waals surface area contributed by atoms with E-state index in [1.165, 1.54) is 17.4 Å². The second-order valence-corrected chi connectivity index (χ2v) is 10.2. The molecule has 0 aliphatic rings. The predicted molar refractivity (Wildman–Crippen MR) is 111 cm³/mol. The minimum atomic E-state index is -3.11. The molecule has 26 heavy (non-hydrogen) atoms. The fourth-order valence-corrected chi connectivity index (χ4v) is 3.18. The molecule has 0 aliphatic heterocycles. The van der Waals surface area contributed by atoms with Crippen molar-refractivity contribution in [1.82, 2.24) is 4.72 Å². The summed E-state index contributed by atoms with van der Waals surface area (Å²) in [6.45, 7) is 14.5. The summed E-state index contributed by atoms with van der Waals surface area (Å²) in [5.74, 6) is 0.948. The lowest BCUT2D eigenvalue weighted by molar-refractivity contribution is 0.296. The van der Waals surface area contributed by atoms with Crippen LogP contribution >= 0.6 is 0 Å². The lowest BCUT2D eigenvalue weighted by Gasteiger charge is -2.30. The van der Waals surface area contributed by atoms with Crippen LogP contribution in [0.2, 0.25) is 0 Å². The molecule has 0 radical (unpaired) electrons. The topological polar surface area (TPSA) is 55.4 Å². The molecule has 0 bridgehead atoms. The van der Waals surface area contributed by atoms with E-state index in [1.54, 1.807) is 0 Å². The second-order valence-electron chi connectivity index (χ2n) is 8.41. The smallest absolute Gasteiger partial charge is 0.208 e. The van der Waals surface area contributed by atoms with Crippen molar-refractivity contribution in [2.45, 2.75) is 78.1 Å². The Bertz CT molecular complexity index is 678. The Morgan fingerprint density at radius 3 is 2.15 bits per heavy atom. The Hall–Kier alpha value is -1.07. The predicted octanol–water partition coefficient (Wildman–Crippen LogP) is 4.77. The van der Waals surface area contributed by atoms with Crippen LogP contribution in [0.15, 0.2) is 18.2 Å². The van der Waals surface area contributed by atoms with E-state index in [0.717, 1.165) is 31.4 Å². The zero-order chi connectivity index (χ0) is 20.0. The number of rotatable bonds is 11. The summed E-state index contributed by atoms with van der Waals surface area (Å²) in [5.41, 5.74) is 2.80. The molecule has 1 aromatic rings. The minimum Gasteiger partial charge on any atom is -0.493 e. The van der Waals surface area contributed by atoms with Gasteiger partial charge in [0.05, 0.1) is 12.9 Å². The molecule has 4 nitrogen and oxygen atoms in total. The summed E-state index contributed by atoms with van der Waals surface area (Å²) in [6.07, 6.45) is 4.89. The molecule has 0 aliphatic carbocycles. The summed E-state index contributed by atoms with van der Waals surface area (Å²) in [7, 11) is -3.11. The Morgan fingerprint density at radius 1 is 1.00 bits per heavy atom. The fraction of sp³-hybridized carbons (Fsp3) is 0.714. The number of hydrogen-bond acceptors (Lipinski definition) is 3. The van der Waals surface area contributed by atoms with Gasteiger partial charge < -0.3 is 4.74 Å². The number of ether oxygens (including phenoxy) is 1. The first-order valence-corrected chi connectivity index (χ1v) is 11.5. The molecule has 0 heterocycles. The number of benzene rings is 1. The van der Waals surface area contributed by atoms with Crippen LogP contribution in [-0.4, -0.2) is 27.8 Å². The minimum absolute atomic E-state index is 0.0486. The van der Waals surface area contributed by atoms with Crippen molar-refractivity contribution < 1.29 is 13.2 Å². The Morgan fingerprint density at radius 2 is 1.62 bits per heavy atom. The first-order chi connectivity index (χ1) is 11.9. The third kappa shape index (κ3) is 6.92. The zero-order valence-corrected chi connectivity index (χ0v) is 18.4. The van der Waals surface area contributed by atoms with Crippen molar-refractivity contribution in [2.75, 3.05) is 19.4 Å². The highest BCUT2D eigenvalue weighted by Crippen LogP contribution is 2.38. The highest BCUT2D eigenvalue weighted by atomic mass is 32.2. The molecular formula is C21H37NO3S. The van der Waals surface area contributed by atoms with E-state index in [4.69, 9.17) is 4.74 Å². The Kier molecular flexibility index (Phi) is 8.15. The summed E-state index contributed by atoms with van der Waals surface area (Å²) in [6, 6.07) is 6.60. The zero-order valence-electron chi connectivity index (χ0n) is 17.6. The van der Waals surface area contributed by atoms with Gasteiger partial charge in [-0.3, -0.25) is 0 Å². The molecule has 5 heteroatoms. The van der Waals surface area contributed by atoms with Gasteiger partial charge in [-0.25, -0.2) is 13.1 Å². The Balaban J connectivity index is 2.84. The number of hydrogen-bond donors (Lipinski definition) is 1. The van der Waals surface area contributed by atoms with E-state index >= 15 is 0 Å². The number of sulfonamides is 1. The third-order valence-electron chi connectivity index (χ3n) is 5.45. The average Bonchev–Trinajstić information content (AvgIpc) is 2.56. The van der Waals surface area contributed by atoms with Crippen LogP contribution in [0.25, 0.3) is 0 Å². The van der Waals surface area contributed by atoms with Crippen molar-refractivity contribution in [2.24, 2.45) is 0 Å². The summed E-state index contributed by atoms with van der Waals surface area (Å²) >= 11 is 0. The van der Waals surface area contributed by atoms with Gasteiger partial charge in [-0.1, -0.05) is 53.7 Å². The van der Waals surface area contributed by atoms with E-state index in [9.17, 15) is 8.42 Å². The SMILES string of the molecule is CCC(C)(C)c1ccc(OCCCCNS(C)(=O)=O)c(C(C)(C)CC)c1. The maximum atomic E-state index is 11.1. The standard InChI is InChI=1S/C21H37NO3S/c1-8-20(3,4)17-12-13-19(18(16-17)21(5,6)9-2)25-15-11-10-14-22-26(7,23)24/h12-13,16,22H,8-11,14-15H2,1-7H3. The van der Waals surface area contributed by atoms with Crippen molar-refractivity contribution in [1.29, 1.82) is 0 Å². The largest absolute Gasteiger partial charge is 0.493 e. The summed E-state index contributed by atoms with van der Waals surface area (Å²) in [5, 5.41) is 0. The van der Waals surface area contributed by atoms with Crippen LogP contribution < -0.4 is 9.46 Å². The molecule has 0 saturated heterocycles. The first-order valence-electron chi connectivity index (χ1n) is 9.65. The van der Waals surface area contributed by atoms with Gasteiger partial charge in [0.25, 0.3) is 0 Å². The second kappa shape index (κ2) is 9.23. The van der Waals surface area contributed by atoms with Crippen LogP contribution in [0.4, 0.5) is 0 Å². The van der Waals surface area contributed by atoms with Gasteiger partial charge in [-0.2, -0.15) is 0 Å². The first kappa shape index (κ1) is 23.0. The van der Waals surface area contributed by atoms with Gasteiger partial charge in [-0.05, 0) is 48.1 Å². The van der Waals surface area contributed by atoms with Gasteiger partial charge in [-0.15, -0.1) is 0 Å². The fourth-order valence-electron chi connectivity index (χ4n) is 2.67. The van der Waals surface area contributed by atoms with Crippen LogP contribution in [0.1, 0.15) is 78.4 Å². The summed E-state index contributed by atoms with van der Waals surface area (Å²) in [4.78, 5) is 0. The molecule has 0 spiro atoms. The van der Waals surface area contributed by atoms with Crippen molar-refractivity contribution in [3.05, 3.63) is 29.3 Å². The summed E-state index contributed by atoms with van der Waals surface area (Å²) < 4.78 is 30.7. The number of nitrogens with one attached hydrogen (secondary N) is 1. The number of unbranched alkanes of at least 4 members (excludes halogenated alkanes) is 1. The lowest BCUT2D eigenvalue weighted by atomic mass is 9.76. The van der Waals surface area contributed by atoms with Gasteiger partial charge >= 0.3 is 0 Å². The van der Waals surface area contributed by atoms with Crippen LogP contribution in [0.3, 0.4) is 0 Å². The molecule has 1 N–H and O–H groups in total. The molecule has 0 aromatic heterocycles. The molecule has 1 rings (SSSR count). The molecule has 1 aromatic carbocycles. The molecule has 0 atom stereocenters. The van der Waals surface area contributed by atoms with E-state index in [2.05, 4.69) is 64.5 Å². The highest BCUT2D eigenvalue weighted by Gasteiger charge is 2.26. The van der Waals surface area contributed by atoms with Crippen LogP contribution in [0, 0.1) is 0 Å². The van der Waals surface area contributed by atoms with Crippen molar-refractivity contribution >= 4 is 10.0 Å². The van der Waals surface area contributed by atoms with Crippen LogP contribution in [0.5, 0.6) is 5.75 Å². The maximum absolute atomic E-state index is 11.1. The molecule has 0 unspecified atom stereocenters. The highest BCUT2D eigenvalue weighted by molar-refractivity contribution is 7.88. The van der Waals surface area contributed by atoms with Gasteiger partial charge in [0, 0.05) is 12.1 Å². The third-order valence-corrected chi connectivity index (χ3v) is 6.18. The Labute approximate surface area is 160 Å². The molecular weight excluding hydrogens is 346 g/mol.